The number of thioether (sulfide) groups is 1. The van der Waals surface area contributed by atoms with Gasteiger partial charge in [0, 0.05) is 23.4 Å². The standard InChI is InChI=1S/C26H27N3O2S2/c1-5-13-31-22-12-11-19(14-18(22)4)24-20(16-28(27-24)21-9-7-6-8-10-21)15-23-25(30)29(17(2)3)26(32)33-23/h6-12,14-17H,5,13H2,1-4H3/b23-15+. The van der Waals surface area contributed by atoms with E-state index in [4.69, 9.17) is 22.1 Å². The maximum absolute atomic E-state index is 13.0. The number of amides is 1. The molecule has 4 rings (SSSR count). The third-order valence-corrected chi connectivity index (χ3v) is 6.63. The van der Waals surface area contributed by atoms with Crippen LogP contribution in [-0.4, -0.2) is 37.6 Å². The molecule has 0 N–H and O–H groups in total. The van der Waals surface area contributed by atoms with Crippen molar-refractivity contribution in [1.82, 2.24) is 14.7 Å². The number of aromatic nitrogens is 2. The summed E-state index contributed by atoms with van der Waals surface area (Å²) in [6, 6.07) is 16.1. The Balaban J connectivity index is 1.79. The van der Waals surface area contributed by atoms with Gasteiger partial charge < -0.3 is 4.74 Å². The van der Waals surface area contributed by atoms with Gasteiger partial charge in [-0.15, -0.1) is 0 Å². The fourth-order valence-corrected chi connectivity index (χ4v) is 5.18. The minimum Gasteiger partial charge on any atom is -0.493 e. The molecule has 0 saturated carbocycles. The van der Waals surface area contributed by atoms with Gasteiger partial charge in [0.2, 0.25) is 0 Å². The molecule has 0 atom stereocenters. The summed E-state index contributed by atoms with van der Waals surface area (Å²) in [6.45, 7) is 8.75. The average Bonchev–Trinajstić information content (AvgIpc) is 3.34. The van der Waals surface area contributed by atoms with Crippen LogP contribution in [0.25, 0.3) is 23.0 Å². The fraction of sp³-hybridized carbons (Fsp3) is 0.269. The van der Waals surface area contributed by atoms with Crippen molar-refractivity contribution in [1.29, 1.82) is 0 Å². The molecule has 2 heterocycles. The van der Waals surface area contributed by atoms with Gasteiger partial charge in [-0.25, -0.2) is 4.68 Å². The molecule has 7 heteroatoms. The minimum atomic E-state index is -0.0575. The molecule has 1 aliphatic heterocycles. The summed E-state index contributed by atoms with van der Waals surface area (Å²) in [4.78, 5) is 15.3. The Labute approximate surface area is 204 Å². The van der Waals surface area contributed by atoms with Crippen molar-refractivity contribution in [2.45, 2.75) is 40.2 Å². The van der Waals surface area contributed by atoms with E-state index in [0.29, 0.717) is 15.8 Å². The zero-order valence-electron chi connectivity index (χ0n) is 19.2. The van der Waals surface area contributed by atoms with E-state index >= 15 is 0 Å². The van der Waals surface area contributed by atoms with Gasteiger partial charge in [-0.3, -0.25) is 9.69 Å². The highest BCUT2D eigenvalue weighted by Gasteiger charge is 2.34. The van der Waals surface area contributed by atoms with Crippen molar-refractivity contribution < 1.29 is 9.53 Å². The van der Waals surface area contributed by atoms with Crippen molar-refractivity contribution in [2.24, 2.45) is 0 Å². The van der Waals surface area contributed by atoms with Gasteiger partial charge >= 0.3 is 0 Å². The summed E-state index contributed by atoms with van der Waals surface area (Å²) in [5.74, 6) is 0.820. The molecule has 1 amide bonds. The Hall–Kier alpha value is -2.90. The smallest absolute Gasteiger partial charge is 0.266 e. The summed E-state index contributed by atoms with van der Waals surface area (Å²) in [6.07, 6.45) is 4.82. The maximum atomic E-state index is 13.0. The maximum Gasteiger partial charge on any atom is 0.266 e. The van der Waals surface area contributed by atoms with Crippen LogP contribution in [0.2, 0.25) is 0 Å². The zero-order valence-corrected chi connectivity index (χ0v) is 20.9. The summed E-state index contributed by atoms with van der Waals surface area (Å²) in [5.41, 5.74) is 4.64. The first-order valence-electron chi connectivity index (χ1n) is 11.0. The fourth-order valence-electron chi connectivity index (χ4n) is 3.67. The van der Waals surface area contributed by atoms with E-state index < -0.39 is 0 Å². The molecule has 0 unspecified atom stereocenters. The van der Waals surface area contributed by atoms with Crippen molar-refractivity contribution in [3.63, 3.8) is 0 Å². The Morgan fingerprint density at radius 2 is 1.94 bits per heavy atom. The summed E-state index contributed by atoms with van der Waals surface area (Å²) >= 11 is 6.79. The number of carbonyl (C=O) groups is 1. The van der Waals surface area contributed by atoms with Crippen molar-refractivity contribution in [2.75, 3.05) is 6.61 Å². The third-order valence-electron chi connectivity index (χ3n) is 5.30. The molecule has 1 aliphatic rings. The van der Waals surface area contributed by atoms with Gasteiger partial charge in [-0.05, 0) is 69.2 Å². The number of hydrogen-bond acceptors (Lipinski definition) is 5. The molecule has 2 aromatic carbocycles. The van der Waals surface area contributed by atoms with E-state index in [1.807, 2.05) is 80.2 Å². The second-order valence-electron chi connectivity index (χ2n) is 8.19. The minimum absolute atomic E-state index is 0.0215. The normalized spacial score (nSPS) is 15.2. The molecule has 1 fully saturated rings. The topological polar surface area (TPSA) is 47.4 Å². The lowest BCUT2D eigenvalue weighted by molar-refractivity contribution is -0.123. The van der Waals surface area contributed by atoms with E-state index in [-0.39, 0.29) is 11.9 Å². The SMILES string of the molecule is CCCOc1ccc(-c2nn(-c3ccccc3)cc2/C=C2/SC(=S)N(C(C)C)C2=O)cc1C. The number of para-hydroxylation sites is 1. The van der Waals surface area contributed by atoms with Gasteiger partial charge in [-0.2, -0.15) is 5.10 Å². The van der Waals surface area contributed by atoms with E-state index in [1.165, 1.54) is 11.8 Å². The predicted octanol–water partition coefficient (Wildman–Crippen LogP) is 6.25. The first-order valence-corrected chi connectivity index (χ1v) is 12.3. The number of ether oxygens (including phenoxy) is 1. The number of benzene rings is 2. The van der Waals surface area contributed by atoms with Crippen molar-refractivity contribution in [3.8, 4) is 22.7 Å². The third kappa shape index (κ3) is 4.89. The number of carbonyl (C=O) groups excluding carboxylic acids is 1. The van der Waals surface area contributed by atoms with Gasteiger partial charge in [-0.1, -0.05) is 49.1 Å². The molecular weight excluding hydrogens is 450 g/mol. The van der Waals surface area contributed by atoms with Crippen LogP contribution >= 0.6 is 24.0 Å². The van der Waals surface area contributed by atoms with Gasteiger partial charge in [0.05, 0.1) is 17.2 Å². The Morgan fingerprint density at radius 3 is 2.58 bits per heavy atom. The molecular formula is C26H27N3O2S2. The van der Waals surface area contributed by atoms with Crippen LogP contribution in [0, 0.1) is 6.92 Å². The molecule has 170 valence electrons. The second kappa shape index (κ2) is 9.93. The Bertz CT molecular complexity index is 1220. The molecule has 1 saturated heterocycles. The highest BCUT2D eigenvalue weighted by molar-refractivity contribution is 8.26. The zero-order chi connectivity index (χ0) is 23.5. The van der Waals surface area contributed by atoms with Gasteiger partial charge in [0.15, 0.2) is 0 Å². The average molecular weight is 478 g/mol. The van der Waals surface area contributed by atoms with Crippen LogP contribution in [0.5, 0.6) is 5.75 Å². The van der Waals surface area contributed by atoms with Gasteiger partial charge in [0.1, 0.15) is 15.8 Å². The predicted molar refractivity (Wildman–Crippen MR) is 140 cm³/mol. The number of aryl methyl sites for hydroxylation is 1. The lowest BCUT2D eigenvalue weighted by Gasteiger charge is -2.18. The molecule has 0 bridgehead atoms. The van der Waals surface area contributed by atoms with Crippen LogP contribution in [0.3, 0.4) is 0 Å². The van der Waals surface area contributed by atoms with Crippen LogP contribution in [0.1, 0.15) is 38.3 Å². The quantitative estimate of drug-likeness (QED) is 0.297. The lowest BCUT2D eigenvalue weighted by Crippen LogP contribution is -2.34. The Morgan fingerprint density at radius 1 is 1.18 bits per heavy atom. The summed E-state index contributed by atoms with van der Waals surface area (Å²) < 4.78 is 8.28. The highest BCUT2D eigenvalue weighted by Crippen LogP contribution is 2.36. The molecule has 0 radical (unpaired) electrons. The van der Waals surface area contributed by atoms with E-state index in [1.54, 1.807) is 4.90 Å². The van der Waals surface area contributed by atoms with E-state index in [0.717, 1.165) is 40.2 Å². The molecule has 1 aromatic heterocycles. The summed E-state index contributed by atoms with van der Waals surface area (Å²) in [7, 11) is 0. The molecule has 3 aromatic rings. The molecule has 33 heavy (non-hydrogen) atoms. The number of hydrogen-bond donors (Lipinski definition) is 0. The molecule has 5 nitrogen and oxygen atoms in total. The second-order valence-corrected chi connectivity index (χ2v) is 9.86. The highest BCUT2D eigenvalue weighted by atomic mass is 32.2. The van der Waals surface area contributed by atoms with Crippen molar-refractivity contribution >= 4 is 40.3 Å². The number of thiocarbonyl (C=S) groups is 1. The van der Waals surface area contributed by atoms with Crippen molar-refractivity contribution in [3.05, 3.63) is 70.8 Å². The first kappa shape index (κ1) is 23.3. The number of nitrogens with zero attached hydrogens (tertiary/aromatic N) is 3. The number of rotatable bonds is 7. The monoisotopic (exact) mass is 477 g/mol. The largest absolute Gasteiger partial charge is 0.493 e. The summed E-state index contributed by atoms with van der Waals surface area (Å²) in [5, 5.41) is 4.89. The molecule has 0 aliphatic carbocycles. The van der Waals surface area contributed by atoms with Crippen LogP contribution in [-0.2, 0) is 4.79 Å². The Kier molecular flexibility index (Phi) is 7.00. The lowest BCUT2D eigenvalue weighted by atomic mass is 10.0. The van der Waals surface area contributed by atoms with E-state index in [2.05, 4.69) is 13.0 Å². The van der Waals surface area contributed by atoms with Crippen LogP contribution in [0.15, 0.2) is 59.6 Å². The first-order chi connectivity index (χ1) is 15.9. The van der Waals surface area contributed by atoms with Crippen LogP contribution in [0.4, 0.5) is 0 Å². The molecule has 0 spiro atoms. The van der Waals surface area contributed by atoms with Crippen LogP contribution < -0.4 is 4.74 Å². The van der Waals surface area contributed by atoms with Gasteiger partial charge in [0.25, 0.3) is 5.91 Å². The van der Waals surface area contributed by atoms with E-state index in [9.17, 15) is 4.79 Å².